The van der Waals surface area contributed by atoms with Gasteiger partial charge in [0.15, 0.2) is 0 Å². The number of unbranched alkanes of at least 4 members (excludes halogenated alkanes) is 37. The molecule has 0 saturated carbocycles. The Morgan fingerprint density at radius 1 is 0.522 bits per heavy atom. The number of allylic oxidation sites excluding steroid dienone is 4. The predicted octanol–water partition coefficient (Wildman–Crippen LogP) is 16.3. The van der Waals surface area contributed by atoms with Crippen molar-refractivity contribution in [2.45, 2.75) is 308 Å². The van der Waals surface area contributed by atoms with Crippen molar-refractivity contribution in [2.24, 2.45) is 0 Å². The predicted molar refractivity (Wildman–Crippen MR) is 295 cm³/mol. The third-order valence-electron chi connectivity index (χ3n) is 13.8. The first kappa shape index (κ1) is 67.9. The van der Waals surface area contributed by atoms with Crippen LogP contribution in [0.25, 0.3) is 0 Å². The van der Waals surface area contributed by atoms with Gasteiger partial charge >= 0.3 is 0 Å². The first-order valence-corrected chi connectivity index (χ1v) is 31.2. The van der Waals surface area contributed by atoms with Crippen molar-refractivity contribution in [3.63, 3.8) is 0 Å². The summed E-state index contributed by atoms with van der Waals surface area (Å²) in [5.74, 6) is -0.273. The lowest BCUT2D eigenvalue weighted by molar-refractivity contribution is -0.870. The van der Waals surface area contributed by atoms with Crippen molar-refractivity contribution < 1.29 is 38.0 Å². The molecule has 0 bridgehead atoms. The molecule has 69 heavy (non-hydrogen) atoms. The molecule has 4 atom stereocenters. The maximum Gasteiger partial charge on any atom is 0.268 e. The number of nitrogens with zero attached hydrogens (tertiary/aromatic N) is 1. The third kappa shape index (κ3) is 51.6. The molecule has 0 saturated heterocycles. The molecule has 0 spiro atoms. The molecule has 0 aliphatic carbocycles. The van der Waals surface area contributed by atoms with Gasteiger partial charge in [0.05, 0.1) is 39.9 Å². The van der Waals surface area contributed by atoms with Crippen LogP contribution in [0.3, 0.4) is 0 Å². The summed E-state index contributed by atoms with van der Waals surface area (Å²) in [6.07, 6.45) is 59.7. The van der Waals surface area contributed by atoms with Gasteiger partial charge in [-0.2, -0.15) is 0 Å². The number of nitrogens with one attached hydrogen (secondary N) is 1. The average Bonchev–Trinajstić information content (AvgIpc) is 3.31. The molecule has 0 aromatic rings. The van der Waals surface area contributed by atoms with E-state index < -0.39 is 32.7 Å². The van der Waals surface area contributed by atoms with Gasteiger partial charge in [0.1, 0.15) is 19.3 Å². The van der Waals surface area contributed by atoms with Crippen LogP contribution in [0.1, 0.15) is 290 Å². The number of carbonyl (C=O) groups excluding carboxylic acids is 1. The second-order valence-electron chi connectivity index (χ2n) is 21.8. The fourth-order valence-electron chi connectivity index (χ4n) is 9.05. The minimum atomic E-state index is -4.67. The van der Waals surface area contributed by atoms with Crippen LogP contribution in [0.15, 0.2) is 24.3 Å². The summed E-state index contributed by atoms with van der Waals surface area (Å²) in [6, 6.07) is -1.07. The zero-order chi connectivity index (χ0) is 50.8. The van der Waals surface area contributed by atoms with Gasteiger partial charge in [0, 0.05) is 6.42 Å². The molecule has 9 nitrogen and oxygen atoms in total. The van der Waals surface area contributed by atoms with Gasteiger partial charge in [-0.1, -0.05) is 263 Å². The number of likely N-dealkylation sites (N-methyl/N-ethyl adjacent to an activating group) is 1. The Balaban J connectivity index is 4.03. The van der Waals surface area contributed by atoms with Crippen LogP contribution < -0.4 is 10.2 Å². The van der Waals surface area contributed by atoms with E-state index in [9.17, 15) is 24.5 Å². The Morgan fingerprint density at radius 2 is 0.870 bits per heavy atom. The number of quaternary nitrogens is 1. The van der Waals surface area contributed by atoms with E-state index in [2.05, 4.69) is 43.5 Å². The van der Waals surface area contributed by atoms with Crippen LogP contribution in [-0.4, -0.2) is 79.8 Å². The van der Waals surface area contributed by atoms with Gasteiger partial charge in [0.25, 0.3) is 7.82 Å². The lowest BCUT2D eigenvalue weighted by Gasteiger charge is -2.31. The highest BCUT2D eigenvalue weighted by atomic mass is 31.2. The van der Waals surface area contributed by atoms with Crippen molar-refractivity contribution in [2.75, 3.05) is 40.9 Å². The van der Waals surface area contributed by atoms with E-state index in [0.29, 0.717) is 17.4 Å². The van der Waals surface area contributed by atoms with E-state index in [1.165, 1.54) is 218 Å². The van der Waals surface area contributed by atoms with Gasteiger partial charge in [-0.05, 0) is 44.9 Å². The lowest BCUT2D eigenvalue weighted by Crippen LogP contribution is -2.51. The molecule has 0 aromatic carbocycles. The normalized spacial score (nSPS) is 14.5. The molecule has 0 heterocycles. The van der Waals surface area contributed by atoms with Gasteiger partial charge in [-0.3, -0.25) is 9.36 Å². The van der Waals surface area contributed by atoms with Crippen molar-refractivity contribution in [1.29, 1.82) is 0 Å². The highest BCUT2D eigenvalue weighted by molar-refractivity contribution is 7.45. The largest absolute Gasteiger partial charge is 0.756 e. The summed E-state index contributed by atoms with van der Waals surface area (Å²) in [4.78, 5) is 25.5. The Bertz CT molecular complexity index is 1190. The molecule has 0 aliphatic rings. The van der Waals surface area contributed by atoms with Crippen molar-refractivity contribution in [1.82, 2.24) is 5.32 Å². The fraction of sp³-hybridized carbons (Fsp3) is 0.915. The van der Waals surface area contributed by atoms with Crippen LogP contribution >= 0.6 is 7.82 Å². The Morgan fingerprint density at radius 3 is 1.25 bits per heavy atom. The Hall–Kier alpha value is -1.06. The number of rotatable bonds is 55. The maximum absolute atomic E-state index is 13.0. The SMILES string of the molecule is CCCCCCC/C=C\C/C=C\CCCCCCCCCCCCCCCCCCCCCCCC(=O)NC(COP(=O)([O-])OCC[N+](C)(C)C)C(O)C(O)CCCCCCCCCCCCCC. The van der Waals surface area contributed by atoms with Crippen molar-refractivity contribution in [3.05, 3.63) is 24.3 Å². The molecule has 0 rings (SSSR count). The van der Waals surface area contributed by atoms with Crippen LogP contribution in [0, 0.1) is 0 Å². The van der Waals surface area contributed by atoms with E-state index in [1.807, 2.05) is 21.1 Å². The quantitative estimate of drug-likeness (QED) is 0.0240. The zero-order valence-electron chi connectivity index (χ0n) is 46.4. The van der Waals surface area contributed by atoms with Gasteiger partial charge in [0.2, 0.25) is 5.91 Å². The van der Waals surface area contributed by atoms with E-state index in [-0.39, 0.29) is 18.9 Å². The van der Waals surface area contributed by atoms with E-state index in [0.717, 1.165) is 44.9 Å². The summed E-state index contributed by atoms with van der Waals surface area (Å²) < 4.78 is 23.3. The first-order valence-electron chi connectivity index (χ1n) is 29.8. The molecule has 0 fully saturated rings. The number of hydrogen-bond donors (Lipinski definition) is 3. The molecule has 0 aromatic heterocycles. The smallest absolute Gasteiger partial charge is 0.268 e. The highest BCUT2D eigenvalue weighted by Crippen LogP contribution is 2.38. The molecule has 0 aliphatic heterocycles. The monoisotopic (exact) mass is 997 g/mol. The summed E-state index contributed by atoms with van der Waals surface area (Å²) in [5, 5.41) is 24.8. The lowest BCUT2D eigenvalue weighted by atomic mass is 9.99. The standard InChI is InChI=1S/C59H117N2O7P/c1-6-8-10-12-14-16-18-20-21-22-23-24-25-26-27-28-29-30-31-32-33-34-35-36-37-38-39-40-42-44-46-48-50-52-58(63)60-56(55-68-69(65,66)67-54-53-61(3,4)5)59(64)57(62)51-49-47-45-43-41-19-17-15-13-11-9-7-2/h18,20,22-23,56-57,59,62,64H,6-17,19,21,24-55H2,1-5H3,(H-,60,63,65,66)/b20-18-,23-22-. The number of aliphatic hydroxyl groups excluding tert-OH is 2. The summed E-state index contributed by atoms with van der Waals surface area (Å²) in [5.41, 5.74) is 0. The van der Waals surface area contributed by atoms with Gasteiger partial charge in [-0.15, -0.1) is 0 Å². The molecule has 410 valence electrons. The minimum Gasteiger partial charge on any atom is -0.756 e. The number of amides is 1. The minimum absolute atomic E-state index is 0.0383. The average molecular weight is 998 g/mol. The number of hydrogen-bond acceptors (Lipinski definition) is 7. The summed E-state index contributed by atoms with van der Waals surface area (Å²) in [6.45, 7) is 4.46. The Labute approximate surface area is 428 Å². The second kappa shape index (κ2) is 50.5. The number of phosphoric acid groups is 1. The highest BCUT2D eigenvalue weighted by Gasteiger charge is 2.29. The van der Waals surface area contributed by atoms with Crippen LogP contribution in [0.5, 0.6) is 0 Å². The van der Waals surface area contributed by atoms with E-state index >= 15 is 0 Å². The molecular formula is C59H117N2O7P. The van der Waals surface area contributed by atoms with Crippen LogP contribution in [0.2, 0.25) is 0 Å². The van der Waals surface area contributed by atoms with Crippen LogP contribution in [0.4, 0.5) is 0 Å². The number of carbonyl (C=O) groups is 1. The van der Waals surface area contributed by atoms with Crippen molar-refractivity contribution in [3.8, 4) is 0 Å². The van der Waals surface area contributed by atoms with Gasteiger partial charge in [-0.25, -0.2) is 0 Å². The third-order valence-corrected chi connectivity index (χ3v) is 14.7. The molecule has 10 heteroatoms. The maximum atomic E-state index is 13.0. The Kier molecular flexibility index (Phi) is 49.7. The first-order chi connectivity index (χ1) is 33.4. The van der Waals surface area contributed by atoms with Gasteiger partial charge < -0.3 is 34.0 Å². The van der Waals surface area contributed by atoms with Crippen LogP contribution in [-0.2, 0) is 18.4 Å². The molecular weight excluding hydrogens is 880 g/mol. The summed E-state index contributed by atoms with van der Waals surface area (Å²) >= 11 is 0. The van der Waals surface area contributed by atoms with E-state index in [4.69, 9.17) is 9.05 Å². The molecule has 1 amide bonds. The summed E-state index contributed by atoms with van der Waals surface area (Å²) in [7, 11) is 1.14. The number of phosphoric ester groups is 1. The van der Waals surface area contributed by atoms with Crippen molar-refractivity contribution >= 4 is 13.7 Å². The zero-order valence-corrected chi connectivity index (χ0v) is 47.3. The molecule has 4 unspecified atom stereocenters. The molecule has 3 N–H and O–H groups in total. The topological polar surface area (TPSA) is 128 Å². The van der Waals surface area contributed by atoms with E-state index in [1.54, 1.807) is 0 Å². The fourth-order valence-corrected chi connectivity index (χ4v) is 9.78. The second-order valence-corrected chi connectivity index (χ2v) is 23.3. The number of aliphatic hydroxyl groups is 2. The molecule has 0 radical (unpaired) electrons.